The fraction of sp³-hybridized carbons (Fsp3) is 0. The molecule has 3 heteroatoms. The summed E-state index contributed by atoms with van der Waals surface area (Å²) in [5, 5.41) is 4.85. The summed E-state index contributed by atoms with van der Waals surface area (Å²) >= 11 is 0. The van der Waals surface area contributed by atoms with E-state index in [4.69, 9.17) is 9.31 Å². The first-order valence-corrected chi connectivity index (χ1v) is 13.2. The quantitative estimate of drug-likeness (QED) is 0.227. The van der Waals surface area contributed by atoms with Crippen LogP contribution in [0, 0.1) is 0 Å². The van der Waals surface area contributed by atoms with Gasteiger partial charge in [-0.05, 0) is 66.1 Å². The van der Waals surface area contributed by atoms with E-state index in [0.717, 1.165) is 10.8 Å². The molecule has 1 aliphatic carbocycles. The monoisotopic (exact) mass is 498 g/mol. The van der Waals surface area contributed by atoms with Crippen molar-refractivity contribution in [1.29, 1.82) is 0 Å². The fourth-order valence-corrected chi connectivity index (χ4v) is 6.38. The summed E-state index contributed by atoms with van der Waals surface area (Å²) in [6.07, 6.45) is 0. The van der Waals surface area contributed by atoms with E-state index >= 15 is 0 Å². The Kier molecular flexibility index (Phi) is 4.65. The van der Waals surface area contributed by atoms with Crippen LogP contribution in [0.1, 0.15) is 0 Å². The molecule has 0 N–H and O–H groups in total. The third-order valence-electron chi connectivity index (χ3n) is 8.02. The summed E-state index contributed by atoms with van der Waals surface area (Å²) < 4.78 is 12.0. The van der Waals surface area contributed by atoms with Gasteiger partial charge in [-0.1, -0.05) is 128 Å². The zero-order chi connectivity index (χ0) is 26.1. The molecule has 0 radical (unpaired) electrons. The van der Waals surface area contributed by atoms with Crippen molar-refractivity contribution in [2.45, 2.75) is 0 Å². The Morgan fingerprint density at radius 2 is 0.923 bits per heavy atom. The predicted octanol–water partition coefficient (Wildman–Crippen LogP) is 8.74. The second kappa shape index (κ2) is 8.24. The average molecular weight is 498 g/mol. The predicted molar refractivity (Wildman–Crippen MR) is 163 cm³/mol. The Morgan fingerprint density at radius 1 is 0.436 bits per heavy atom. The van der Waals surface area contributed by atoms with E-state index in [-0.39, 0.29) is 0 Å². The molecule has 1 saturated heterocycles. The molecule has 6 aromatic carbocycles. The van der Waals surface area contributed by atoms with E-state index in [1.807, 2.05) is 0 Å². The number of benzene rings is 6. The number of hydrogen-bond acceptors (Lipinski definition) is 2. The van der Waals surface area contributed by atoms with Gasteiger partial charge in [0.2, 0.25) is 0 Å². The van der Waals surface area contributed by atoms with Crippen molar-refractivity contribution in [2.75, 3.05) is 0 Å². The highest BCUT2D eigenvalue weighted by atomic mass is 16.6. The topological polar surface area (TPSA) is 18.5 Å². The maximum absolute atomic E-state index is 5.98. The Morgan fingerprint density at radius 3 is 1.49 bits per heavy atom. The second-order valence-electron chi connectivity index (χ2n) is 10.1. The molecule has 2 aliphatic rings. The molecular formula is C36H23BO2. The molecule has 0 aromatic heterocycles. The lowest BCUT2D eigenvalue weighted by atomic mass is 9.75. The van der Waals surface area contributed by atoms with Gasteiger partial charge < -0.3 is 9.31 Å². The van der Waals surface area contributed by atoms with Crippen molar-refractivity contribution in [3.63, 3.8) is 0 Å². The third kappa shape index (κ3) is 3.11. The Balaban J connectivity index is 1.54. The largest absolute Gasteiger partial charge is 0.633 e. The van der Waals surface area contributed by atoms with Gasteiger partial charge >= 0.3 is 7.12 Å². The molecule has 182 valence electrons. The van der Waals surface area contributed by atoms with Crippen LogP contribution in [-0.4, -0.2) is 7.12 Å². The molecule has 0 amide bonds. The van der Waals surface area contributed by atoms with Crippen molar-refractivity contribution in [3.8, 4) is 44.5 Å². The molecule has 1 fully saturated rings. The van der Waals surface area contributed by atoms with E-state index in [1.54, 1.807) is 0 Å². The zero-order valence-electron chi connectivity index (χ0n) is 21.3. The van der Waals surface area contributed by atoms with Crippen LogP contribution in [0.25, 0.3) is 66.1 Å². The van der Waals surface area contributed by atoms with Crippen LogP contribution in [0.3, 0.4) is 0 Å². The van der Waals surface area contributed by atoms with Crippen molar-refractivity contribution in [2.24, 2.45) is 0 Å². The number of hydrogen-bond donors (Lipinski definition) is 0. The average Bonchev–Trinajstić information content (AvgIpc) is 3.50. The highest BCUT2D eigenvalue weighted by Crippen LogP contribution is 2.57. The minimum Gasteiger partial charge on any atom is -0.520 e. The smallest absolute Gasteiger partial charge is 0.520 e. The summed E-state index contributed by atoms with van der Waals surface area (Å²) in [7, 11) is -0.556. The minimum atomic E-state index is -0.556. The van der Waals surface area contributed by atoms with Crippen molar-refractivity contribution in [1.82, 2.24) is 0 Å². The van der Waals surface area contributed by atoms with E-state index in [0.29, 0.717) is 11.5 Å². The molecular weight excluding hydrogens is 475 g/mol. The van der Waals surface area contributed by atoms with Crippen LogP contribution in [-0.2, 0) is 9.31 Å². The standard InChI is InChI=1S/C36H23BO2/c1-22-23(2)39-37(38-22)31-21-20-30-34-28(31)18-11-19-29(34)35-32(24-12-5-3-6-13-24)26-16-9-10-17-27(26)33(36(30)35)25-14-7-4-8-15-25/h3-21H,1-2H2. The van der Waals surface area contributed by atoms with E-state index < -0.39 is 7.12 Å². The molecule has 0 spiro atoms. The maximum Gasteiger partial charge on any atom is 0.633 e. The summed E-state index contributed by atoms with van der Waals surface area (Å²) in [5.41, 5.74) is 11.0. The molecule has 1 heterocycles. The second-order valence-corrected chi connectivity index (χ2v) is 10.1. The van der Waals surface area contributed by atoms with Crippen LogP contribution in [0.2, 0.25) is 0 Å². The highest BCUT2D eigenvalue weighted by molar-refractivity contribution is 6.66. The lowest BCUT2D eigenvalue weighted by Gasteiger charge is -2.20. The first-order valence-electron chi connectivity index (χ1n) is 13.2. The molecule has 6 aromatic rings. The normalized spacial score (nSPS) is 13.6. The molecule has 0 unspecified atom stereocenters. The molecule has 1 aliphatic heterocycles. The SMILES string of the molecule is C=C1OB(c2ccc3c4c(cccc24)-c2c-3c(-c3ccccc3)c3ccccc3c2-c2ccccc2)OC1=C. The van der Waals surface area contributed by atoms with Gasteiger partial charge in [-0.3, -0.25) is 0 Å². The van der Waals surface area contributed by atoms with Gasteiger partial charge in [0, 0.05) is 5.46 Å². The Bertz CT molecular complexity index is 1880. The van der Waals surface area contributed by atoms with Crippen LogP contribution in [0.15, 0.2) is 140 Å². The number of fused-ring (bicyclic) bond motifs is 4. The van der Waals surface area contributed by atoms with Gasteiger partial charge in [-0.25, -0.2) is 0 Å². The van der Waals surface area contributed by atoms with Gasteiger partial charge in [-0.2, -0.15) is 0 Å². The first-order chi connectivity index (χ1) is 19.2. The lowest BCUT2D eigenvalue weighted by molar-refractivity contribution is 0.431. The van der Waals surface area contributed by atoms with E-state index in [2.05, 4.69) is 128 Å². The zero-order valence-corrected chi connectivity index (χ0v) is 21.3. The summed E-state index contributed by atoms with van der Waals surface area (Å²) in [4.78, 5) is 0. The molecule has 0 bridgehead atoms. The molecule has 0 saturated carbocycles. The number of rotatable bonds is 3. The highest BCUT2D eigenvalue weighted by Gasteiger charge is 2.38. The first kappa shape index (κ1) is 22.0. The lowest BCUT2D eigenvalue weighted by Crippen LogP contribution is -2.31. The van der Waals surface area contributed by atoms with Gasteiger partial charge in [0.15, 0.2) is 0 Å². The Labute approximate surface area is 227 Å². The molecule has 0 atom stereocenters. The van der Waals surface area contributed by atoms with Crippen LogP contribution in [0.5, 0.6) is 0 Å². The third-order valence-corrected chi connectivity index (χ3v) is 8.02. The fourth-order valence-electron chi connectivity index (χ4n) is 6.38. The van der Waals surface area contributed by atoms with E-state index in [9.17, 15) is 0 Å². The Hall–Kier alpha value is -5.02. The summed E-state index contributed by atoms with van der Waals surface area (Å²) in [6.45, 7) is 7.89. The van der Waals surface area contributed by atoms with Crippen LogP contribution in [0.4, 0.5) is 0 Å². The summed E-state index contributed by atoms with van der Waals surface area (Å²) in [6, 6.07) is 41.3. The van der Waals surface area contributed by atoms with Gasteiger partial charge in [0.25, 0.3) is 0 Å². The molecule has 8 rings (SSSR count). The van der Waals surface area contributed by atoms with Crippen molar-refractivity contribution < 1.29 is 9.31 Å². The summed E-state index contributed by atoms with van der Waals surface area (Å²) in [5.74, 6) is 0.964. The van der Waals surface area contributed by atoms with Gasteiger partial charge in [-0.15, -0.1) is 0 Å². The van der Waals surface area contributed by atoms with Crippen LogP contribution >= 0.6 is 0 Å². The maximum atomic E-state index is 5.98. The van der Waals surface area contributed by atoms with Gasteiger partial charge in [0.1, 0.15) is 11.5 Å². The molecule has 2 nitrogen and oxygen atoms in total. The van der Waals surface area contributed by atoms with Crippen molar-refractivity contribution in [3.05, 3.63) is 140 Å². The van der Waals surface area contributed by atoms with Crippen molar-refractivity contribution >= 4 is 34.1 Å². The van der Waals surface area contributed by atoms with Gasteiger partial charge in [0.05, 0.1) is 0 Å². The minimum absolute atomic E-state index is 0.482. The van der Waals surface area contributed by atoms with E-state index in [1.165, 1.54) is 60.7 Å². The van der Waals surface area contributed by atoms with Crippen LogP contribution < -0.4 is 5.46 Å². The molecule has 39 heavy (non-hydrogen) atoms.